The summed E-state index contributed by atoms with van der Waals surface area (Å²) in [6.45, 7) is 8.15. The summed E-state index contributed by atoms with van der Waals surface area (Å²) in [5, 5.41) is 3.40. The van der Waals surface area contributed by atoms with Gasteiger partial charge in [0.15, 0.2) is 0 Å². The standard InChI is InChI=1S/C18H30N2/c1-4-5-13-20(17-11-12-17)15-18(2,14-19-3)16-9-7-6-8-10-16/h6-10,17,19H,4-5,11-15H2,1-3H3. The number of hydrogen-bond donors (Lipinski definition) is 1. The second kappa shape index (κ2) is 7.24. The van der Waals surface area contributed by atoms with Gasteiger partial charge in [0.2, 0.25) is 0 Å². The van der Waals surface area contributed by atoms with Crippen LogP contribution in [0.4, 0.5) is 0 Å². The van der Waals surface area contributed by atoms with Crippen molar-refractivity contribution in [3.8, 4) is 0 Å². The molecule has 0 bridgehead atoms. The Balaban J connectivity index is 2.10. The van der Waals surface area contributed by atoms with E-state index in [0.29, 0.717) is 0 Å². The molecule has 1 atom stereocenters. The molecular formula is C18H30N2. The topological polar surface area (TPSA) is 15.3 Å². The van der Waals surface area contributed by atoms with Crippen LogP contribution in [0.1, 0.15) is 45.1 Å². The third kappa shape index (κ3) is 4.07. The molecule has 0 aromatic heterocycles. The van der Waals surface area contributed by atoms with Crippen molar-refractivity contribution in [2.75, 3.05) is 26.7 Å². The average molecular weight is 274 g/mol. The zero-order chi connectivity index (χ0) is 14.4. The van der Waals surface area contributed by atoms with Gasteiger partial charge >= 0.3 is 0 Å². The molecule has 2 rings (SSSR count). The lowest BCUT2D eigenvalue weighted by molar-refractivity contribution is 0.201. The summed E-state index contributed by atoms with van der Waals surface area (Å²) in [6.07, 6.45) is 5.40. The van der Waals surface area contributed by atoms with E-state index in [1.807, 2.05) is 0 Å². The highest BCUT2D eigenvalue weighted by Gasteiger charge is 2.35. The van der Waals surface area contributed by atoms with Crippen LogP contribution in [0.15, 0.2) is 30.3 Å². The molecule has 0 radical (unpaired) electrons. The maximum absolute atomic E-state index is 3.40. The highest BCUT2D eigenvalue weighted by atomic mass is 15.2. The molecule has 1 aromatic carbocycles. The number of unbranched alkanes of at least 4 members (excludes halogenated alkanes) is 1. The van der Waals surface area contributed by atoms with Crippen molar-refractivity contribution in [1.82, 2.24) is 10.2 Å². The van der Waals surface area contributed by atoms with Crippen LogP contribution in [0.25, 0.3) is 0 Å². The minimum Gasteiger partial charge on any atom is -0.319 e. The van der Waals surface area contributed by atoms with Gasteiger partial charge in [0.1, 0.15) is 0 Å². The van der Waals surface area contributed by atoms with E-state index in [-0.39, 0.29) is 5.41 Å². The lowest BCUT2D eigenvalue weighted by Gasteiger charge is -2.36. The molecule has 1 aliphatic rings. The van der Waals surface area contributed by atoms with E-state index in [9.17, 15) is 0 Å². The average Bonchev–Trinajstić information content (AvgIpc) is 3.29. The van der Waals surface area contributed by atoms with Crippen LogP contribution in [0.5, 0.6) is 0 Å². The lowest BCUT2D eigenvalue weighted by Crippen LogP contribution is -2.46. The highest BCUT2D eigenvalue weighted by molar-refractivity contribution is 5.26. The molecule has 1 aromatic rings. The monoisotopic (exact) mass is 274 g/mol. The van der Waals surface area contributed by atoms with Crippen LogP contribution >= 0.6 is 0 Å². The van der Waals surface area contributed by atoms with Gasteiger partial charge in [-0.05, 0) is 38.4 Å². The van der Waals surface area contributed by atoms with Gasteiger partial charge in [-0.15, -0.1) is 0 Å². The zero-order valence-corrected chi connectivity index (χ0v) is 13.4. The fourth-order valence-electron chi connectivity index (χ4n) is 3.12. The van der Waals surface area contributed by atoms with Gasteiger partial charge in [-0.3, -0.25) is 4.90 Å². The summed E-state index contributed by atoms with van der Waals surface area (Å²) < 4.78 is 0. The smallest absolute Gasteiger partial charge is 0.0177 e. The van der Waals surface area contributed by atoms with Crippen LogP contribution in [-0.2, 0) is 5.41 Å². The molecule has 0 heterocycles. The van der Waals surface area contributed by atoms with Crippen LogP contribution in [-0.4, -0.2) is 37.6 Å². The van der Waals surface area contributed by atoms with Gasteiger partial charge in [-0.1, -0.05) is 50.6 Å². The number of likely N-dealkylation sites (N-methyl/N-ethyl adjacent to an activating group) is 1. The Labute approximate surface area is 124 Å². The first kappa shape index (κ1) is 15.5. The lowest BCUT2D eigenvalue weighted by atomic mass is 9.81. The van der Waals surface area contributed by atoms with Gasteiger partial charge < -0.3 is 5.32 Å². The number of nitrogens with zero attached hydrogens (tertiary/aromatic N) is 1. The van der Waals surface area contributed by atoms with Crippen molar-refractivity contribution < 1.29 is 0 Å². The van der Waals surface area contributed by atoms with Gasteiger partial charge in [0.05, 0.1) is 0 Å². The molecule has 2 nitrogen and oxygen atoms in total. The molecule has 1 fully saturated rings. The molecule has 0 amide bonds. The van der Waals surface area contributed by atoms with Crippen molar-refractivity contribution in [2.24, 2.45) is 0 Å². The van der Waals surface area contributed by atoms with Crippen molar-refractivity contribution in [3.63, 3.8) is 0 Å². The van der Waals surface area contributed by atoms with Gasteiger partial charge in [0, 0.05) is 24.5 Å². The van der Waals surface area contributed by atoms with Crippen molar-refractivity contribution >= 4 is 0 Å². The summed E-state index contributed by atoms with van der Waals surface area (Å²) in [4.78, 5) is 2.73. The third-order valence-corrected chi connectivity index (χ3v) is 4.45. The number of nitrogens with one attached hydrogen (secondary N) is 1. The Kier molecular flexibility index (Phi) is 5.62. The van der Waals surface area contributed by atoms with Gasteiger partial charge in [0.25, 0.3) is 0 Å². The van der Waals surface area contributed by atoms with Crippen LogP contribution < -0.4 is 5.32 Å². The molecule has 2 heteroatoms. The van der Waals surface area contributed by atoms with E-state index in [0.717, 1.165) is 12.6 Å². The largest absolute Gasteiger partial charge is 0.319 e. The fraction of sp³-hybridized carbons (Fsp3) is 0.667. The number of hydrogen-bond acceptors (Lipinski definition) is 2. The summed E-state index contributed by atoms with van der Waals surface area (Å²) in [5.41, 5.74) is 1.66. The van der Waals surface area contributed by atoms with Gasteiger partial charge in [-0.25, -0.2) is 0 Å². The second-order valence-electron chi connectivity index (χ2n) is 6.51. The van der Waals surface area contributed by atoms with Gasteiger partial charge in [-0.2, -0.15) is 0 Å². The maximum Gasteiger partial charge on any atom is 0.0177 e. The Hall–Kier alpha value is -0.860. The molecule has 0 spiro atoms. The molecule has 0 saturated heterocycles. The molecule has 0 aliphatic heterocycles. The first-order valence-electron chi connectivity index (χ1n) is 8.14. The molecular weight excluding hydrogens is 244 g/mol. The van der Waals surface area contributed by atoms with E-state index < -0.39 is 0 Å². The minimum atomic E-state index is 0.201. The first-order valence-corrected chi connectivity index (χ1v) is 8.14. The first-order chi connectivity index (χ1) is 9.69. The van der Waals surface area contributed by atoms with E-state index >= 15 is 0 Å². The van der Waals surface area contributed by atoms with E-state index in [4.69, 9.17) is 0 Å². The molecule has 20 heavy (non-hydrogen) atoms. The quantitative estimate of drug-likeness (QED) is 0.742. The SMILES string of the molecule is CCCCN(CC(C)(CNC)c1ccccc1)C1CC1. The predicted molar refractivity (Wildman–Crippen MR) is 87.2 cm³/mol. The Morgan fingerprint density at radius 1 is 1.25 bits per heavy atom. The van der Waals surface area contributed by atoms with Crippen LogP contribution in [0.3, 0.4) is 0 Å². The zero-order valence-electron chi connectivity index (χ0n) is 13.4. The van der Waals surface area contributed by atoms with Crippen LogP contribution in [0.2, 0.25) is 0 Å². The second-order valence-corrected chi connectivity index (χ2v) is 6.51. The highest BCUT2D eigenvalue weighted by Crippen LogP contribution is 2.32. The summed E-state index contributed by atoms with van der Waals surface area (Å²) in [7, 11) is 2.06. The molecule has 1 N–H and O–H groups in total. The molecule has 1 aliphatic carbocycles. The van der Waals surface area contributed by atoms with Crippen LogP contribution in [0, 0.1) is 0 Å². The van der Waals surface area contributed by atoms with Crippen molar-refractivity contribution in [3.05, 3.63) is 35.9 Å². The number of benzene rings is 1. The summed E-state index contributed by atoms with van der Waals surface area (Å²) in [5.74, 6) is 0. The normalized spacial score (nSPS) is 18.2. The van der Waals surface area contributed by atoms with E-state index in [1.54, 1.807) is 0 Å². The Morgan fingerprint density at radius 3 is 2.50 bits per heavy atom. The van der Waals surface area contributed by atoms with E-state index in [1.165, 1.54) is 44.3 Å². The minimum absolute atomic E-state index is 0.201. The predicted octanol–water partition coefficient (Wildman–Crippen LogP) is 3.43. The molecule has 1 unspecified atom stereocenters. The van der Waals surface area contributed by atoms with Crippen molar-refractivity contribution in [1.29, 1.82) is 0 Å². The summed E-state index contributed by atoms with van der Waals surface area (Å²) >= 11 is 0. The number of rotatable bonds is 9. The Morgan fingerprint density at radius 2 is 1.95 bits per heavy atom. The molecule has 1 saturated carbocycles. The van der Waals surface area contributed by atoms with E-state index in [2.05, 4.69) is 61.4 Å². The maximum atomic E-state index is 3.40. The van der Waals surface area contributed by atoms with Crippen molar-refractivity contribution in [2.45, 2.75) is 51.0 Å². The fourth-order valence-corrected chi connectivity index (χ4v) is 3.12. The molecule has 112 valence electrons. The summed E-state index contributed by atoms with van der Waals surface area (Å²) in [6, 6.07) is 11.8. The third-order valence-electron chi connectivity index (χ3n) is 4.45. The Bertz CT molecular complexity index is 386.